The molecule has 0 unspecified atom stereocenters. The Kier molecular flexibility index (Phi) is 4.10. The van der Waals surface area contributed by atoms with Crippen molar-refractivity contribution in [2.75, 3.05) is 0 Å². The minimum Gasteiger partial charge on any atom is -0.508 e. The van der Waals surface area contributed by atoms with Crippen LogP contribution in [0.3, 0.4) is 0 Å². The van der Waals surface area contributed by atoms with Crippen LogP contribution < -0.4 is 0 Å². The van der Waals surface area contributed by atoms with E-state index in [-0.39, 0.29) is 11.6 Å². The molecule has 0 amide bonds. The third-order valence-electron chi connectivity index (χ3n) is 4.98. The maximum atomic E-state index is 13.5. The van der Waals surface area contributed by atoms with Gasteiger partial charge in [0.2, 0.25) is 0 Å². The molecule has 0 spiro atoms. The lowest BCUT2D eigenvalue weighted by Crippen LogP contribution is -1.90. The summed E-state index contributed by atoms with van der Waals surface area (Å²) in [5.41, 5.74) is 6.51. The maximum Gasteiger partial charge on any atom is 0.137 e. The van der Waals surface area contributed by atoms with Gasteiger partial charge in [-0.05, 0) is 65.7 Å². The number of aromatic hydroxyl groups is 1. The number of phenols is 1. The third-order valence-corrected chi connectivity index (χ3v) is 4.98. The van der Waals surface area contributed by atoms with Crippen molar-refractivity contribution in [3.8, 4) is 39.4 Å². The quantitative estimate of drug-likeness (QED) is 0.406. The monoisotopic (exact) mass is 380 g/mol. The maximum absolute atomic E-state index is 13.5. The van der Waals surface area contributed by atoms with Gasteiger partial charge in [-0.3, -0.25) is 4.40 Å². The van der Waals surface area contributed by atoms with Crippen LogP contribution in [0.25, 0.3) is 39.3 Å². The first kappa shape index (κ1) is 17.2. The van der Waals surface area contributed by atoms with Crippen molar-refractivity contribution >= 4 is 5.65 Å². The second-order valence-corrected chi connectivity index (χ2v) is 6.87. The highest BCUT2D eigenvalue weighted by Crippen LogP contribution is 2.35. The van der Waals surface area contributed by atoms with Crippen molar-refractivity contribution in [3.05, 3.63) is 103 Å². The second kappa shape index (κ2) is 6.91. The minimum atomic E-state index is -0.270. The molecule has 0 aliphatic carbocycles. The van der Waals surface area contributed by atoms with E-state index < -0.39 is 0 Å². The first-order valence-electron chi connectivity index (χ1n) is 9.32. The largest absolute Gasteiger partial charge is 0.508 e. The number of imidazole rings is 1. The van der Waals surface area contributed by atoms with Gasteiger partial charge in [0.25, 0.3) is 0 Å². The molecule has 0 fully saturated rings. The molecular formula is C25H17FN2O. The van der Waals surface area contributed by atoms with Gasteiger partial charge in [-0.1, -0.05) is 36.4 Å². The molecule has 2 aromatic heterocycles. The van der Waals surface area contributed by atoms with Gasteiger partial charge in [-0.25, -0.2) is 9.37 Å². The SMILES string of the molecule is Oc1ccc(-c2cccc(-c3c(-c4ccc(F)cc4)nc4ccccn34)c2)cc1. The van der Waals surface area contributed by atoms with Gasteiger partial charge in [-0.15, -0.1) is 0 Å². The van der Waals surface area contributed by atoms with Gasteiger partial charge in [0.05, 0.1) is 11.4 Å². The van der Waals surface area contributed by atoms with E-state index in [9.17, 15) is 9.50 Å². The number of halogens is 1. The molecular weight excluding hydrogens is 363 g/mol. The summed E-state index contributed by atoms with van der Waals surface area (Å²) in [6.45, 7) is 0. The standard InChI is InChI=1S/C25H17FN2O/c26-21-11-7-18(8-12-21)24-25(28-15-2-1-6-23(28)27-24)20-5-3-4-19(16-20)17-9-13-22(29)14-10-17/h1-16,29H. The highest BCUT2D eigenvalue weighted by Gasteiger charge is 2.16. The smallest absolute Gasteiger partial charge is 0.137 e. The van der Waals surface area contributed by atoms with E-state index in [1.54, 1.807) is 24.3 Å². The van der Waals surface area contributed by atoms with Crippen LogP contribution in [0.4, 0.5) is 4.39 Å². The summed E-state index contributed by atoms with van der Waals surface area (Å²) >= 11 is 0. The Hall–Kier alpha value is -3.92. The average Bonchev–Trinajstić information content (AvgIpc) is 3.14. The lowest BCUT2D eigenvalue weighted by molar-refractivity contribution is 0.475. The Labute approximate surface area is 167 Å². The fourth-order valence-corrected chi connectivity index (χ4v) is 3.58. The molecule has 0 saturated carbocycles. The van der Waals surface area contributed by atoms with E-state index in [0.29, 0.717) is 0 Å². The number of fused-ring (bicyclic) bond motifs is 1. The second-order valence-electron chi connectivity index (χ2n) is 6.87. The van der Waals surface area contributed by atoms with Crippen LogP contribution in [0.5, 0.6) is 5.75 Å². The number of aromatic nitrogens is 2. The lowest BCUT2D eigenvalue weighted by Gasteiger charge is -2.09. The summed E-state index contributed by atoms with van der Waals surface area (Å²) in [6.07, 6.45) is 1.98. The predicted octanol–water partition coefficient (Wildman–Crippen LogP) is 6.18. The highest BCUT2D eigenvalue weighted by molar-refractivity contribution is 5.84. The highest BCUT2D eigenvalue weighted by atomic mass is 19.1. The third kappa shape index (κ3) is 3.15. The van der Waals surface area contributed by atoms with Crippen molar-refractivity contribution in [1.82, 2.24) is 9.38 Å². The van der Waals surface area contributed by atoms with Crippen molar-refractivity contribution < 1.29 is 9.50 Å². The van der Waals surface area contributed by atoms with Crippen molar-refractivity contribution in [3.63, 3.8) is 0 Å². The van der Waals surface area contributed by atoms with E-state index in [2.05, 4.69) is 10.5 Å². The van der Waals surface area contributed by atoms with Gasteiger partial charge >= 0.3 is 0 Å². The number of phenolic OH excluding ortho intramolecular Hbond substituents is 1. The fourth-order valence-electron chi connectivity index (χ4n) is 3.58. The van der Waals surface area contributed by atoms with E-state index in [0.717, 1.165) is 39.3 Å². The number of nitrogens with zero attached hydrogens (tertiary/aromatic N) is 2. The van der Waals surface area contributed by atoms with Crippen LogP contribution in [0, 0.1) is 5.82 Å². The molecule has 4 heteroatoms. The Morgan fingerprint density at radius 2 is 1.41 bits per heavy atom. The lowest BCUT2D eigenvalue weighted by atomic mass is 9.99. The Morgan fingerprint density at radius 1 is 0.690 bits per heavy atom. The molecule has 0 aliphatic rings. The summed E-state index contributed by atoms with van der Waals surface area (Å²) in [5, 5.41) is 9.57. The zero-order valence-electron chi connectivity index (χ0n) is 15.5. The van der Waals surface area contributed by atoms with Crippen LogP contribution in [-0.4, -0.2) is 14.5 Å². The zero-order chi connectivity index (χ0) is 19.8. The van der Waals surface area contributed by atoms with Gasteiger partial charge in [0.15, 0.2) is 0 Å². The summed E-state index contributed by atoms with van der Waals surface area (Å²) in [5.74, 6) is -0.0290. The van der Waals surface area contributed by atoms with Gasteiger partial charge in [-0.2, -0.15) is 0 Å². The summed E-state index contributed by atoms with van der Waals surface area (Å²) in [7, 11) is 0. The average molecular weight is 380 g/mol. The van der Waals surface area contributed by atoms with Crippen LogP contribution in [0.2, 0.25) is 0 Å². The van der Waals surface area contributed by atoms with E-state index in [4.69, 9.17) is 4.98 Å². The van der Waals surface area contributed by atoms with E-state index in [1.807, 2.05) is 54.7 Å². The van der Waals surface area contributed by atoms with Crippen molar-refractivity contribution in [2.24, 2.45) is 0 Å². The van der Waals surface area contributed by atoms with Crippen molar-refractivity contribution in [2.45, 2.75) is 0 Å². The molecule has 5 aromatic rings. The Bertz CT molecular complexity index is 1310. The number of hydrogen-bond donors (Lipinski definition) is 1. The molecule has 2 heterocycles. The predicted molar refractivity (Wildman–Crippen MR) is 113 cm³/mol. The van der Waals surface area contributed by atoms with Crippen molar-refractivity contribution in [1.29, 1.82) is 0 Å². The first-order valence-corrected chi connectivity index (χ1v) is 9.32. The summed E-state index contributed by atoms with van der Waals surface area (Å²) < 4.78 is 15.5. The molecule has 0 atom stereocenters. The number of hydrogen-bond acceptors (Lipinski definition) is 2. The molecule has 0 radical (unpaired) electrons. The molecule has 0 bridgehead atoms. The molecule has 3 aromatic carbocycles. The molecule has 0 aliphatic heterocycles. The molecule has 1 N–H and O–H groups in total. The molecule has 3 nitrogen and oxygen atoms in total. The Morgan fingerprint density at radius 3 is 2.21 bits per heavy atom. The number of benzene rings is 3. The van der Waals surface area contributed by atoms with Gasteiger partial charge < -0.3 is 5.11 Å². The molecule has 140 valence electrons. The number of pyridine rings is 1. The van der Waals surface area contributed by atoms with Crippen LogP contribution in [-0.2, 0) is 0 Å². The molecule has 29 heavy (non-hydrogen) atoms. The van der Waals surface area contributed by atoms with Gasteiger partial charge in [0.1, 0.15) is 17.2 Å². The zero-order valence-corrected chi connectivity index (χ0v) is 15.5. The molecule has 0 saturated heterocycles. The fraction of sp³-hybridized carbons (Fsp3) is 0. The summed E-state index contributed by atoms with van der Waals surface area (Å²) in [6, 6.07) is 27.6. The van der Waals surface area contributed by atoms with E-state index >= 15 is 0 Å². The summed E-state index contributed by atoms with van der Waals surface area (Å²) in [4.78, 5) is 4.81. The minimum absolute atomic E-state index is 0.241. The topological polar surface area (TPSA) is 37.5 Å². The van der Waals surface area contributed by atoms with Crippen LogP contribution >= 0.6 is 0 Å². The van der Waals surface area contributed by atoms with Crippen LogP contribution in [0.15, 0.2) is 97.2 Å². The Balaban J connectivity index is 1.72. The molecule has 5 rings (SSSR count). The van der Waals surface area contributed by atoms with Gasteiger partial charge in [0, 0.05) is 17.3 Å². The normalized spacial score (nSPS) is 11.1. The van der Waals surface area contributed by atoms with E-state index in [1.165, 1.54) is 12.1 Å². The number of rotatable bonds is 3. The first-order chi connectivity index (χ1) is 14.2. The van der Waals surface area contributed by atoms with Crippen LogP contribution in [0.1, 0.15) is 0 Å².